The first-order chi connectivity index (χ1) is 11.7. The molecule has 2 heterocycles. The fraction of sp³-hybridized carbons (Fsp3) is 0.611. The highest BCUT2D eigenvalue weighted by molar-refractivity contribution is 9.10. The number of likely N-dealkylation sites (tertiary alicyclic amines) is 1. The molecular formula is C18H27BrN4O. The topological polar surface area (TPSA) is 51.1 Å². The van der Waals surface area contributed by atoms with Crippen LogP contribution in [0.5, 0.6) is 0 Å². The highest BCUT2D eigenvalue weighted by atomic mass is 79.9. The second-order valence-electron chi connectivity index (χ2n) is 6.66. The Hall–Kier alpha value is -1.27. The van der Waals surface area contributed by atoms with Gasteiger partial charge in [-0.2, -0.15) is 0 Å². The molecule has 0 aliphatic carbocycles. The molecule has 1 aromatic carbocycles. The molecule has 2 N–H and O–H groups in total. The van der Waals surface area contributed by atoms with E-state index in [4.69, 9.17) is 4.99 Å². The molecular weight excluding hydrogens is 368 g/mol. The predicted molar refractivity (Wildman–Crippen MR) is 103 cm³/mol. The standard InChI is InChI=1S/C18H27BrN4O/c1-2-20-18(23-10-8-17(24)13-23)21-11-14-7-9-22(12-14)16-5-3-15(19)4-6-16/h3-6,14,17,24H,2,7-13H2,1H3,(H,20,21)/t14?,17-/m1/s1. The summed E-state index contributed by atoms with van der Waals surface area (Å²) in [5.74, 6) is 1.55. The number of anilines is 1. The van der Waals surface area contributed by atoms with Crippen LogP contribution in [0.3, 0.4) is 0 Å². The fourth-order valence-electron chi connectivity index (χ4n) is 3.44. The first-order valence-corrected chi connectivity index (χ1v) is 9.67. The van der Waals surface area contributed by atoms with Crippen LogP contribution in [0.4, 0.5) is 5.69 Å². The van der Waals surface area contributed by atoms with Crippen molar-refractivity contribution in [3.8, 4) is 0 Å². The number of halogens is 1. The van der Waals surface area contributed by atoms with Gasteiger partial charge in [-0.1, -0.05) is 15.9 Å². The van der Waals surface area contributed by atoms with Crippen LogP contribution in [-0.4, -0.2) is 61.3 Å². The minimum atomic E-state index is -0.215. The van der Waals surface area contributed by atoms with Gasteiger partial charge in [0.15, 0.2) is 5.96 Å². The molecule has 0 saturated carbocycles. The Balaban J connectivity index is 1.56. The van der Waals surface area contributed by atoms with E-state index in [0.717, 1.165) is 49.6 Å². The van der Waals surface area contributed by atoms with Crippen LogP contribution in [0, 0.1) is 5.92 Å². The van der Waals surface area contributed by atoms with Crippen LogP contribution in [0.25, 0.3) is 0 Å². The summed E-state index contributed by atoms with van der Waals surface area (Å²) in [4.78, 5) is 9.46. The molecule has 2 fully saturated rings. The maximum atomic E-state index is 9.74. The number of aliphatic hydroxyl groups excluding tert-OH is 1. The van der Waals surface area contributed by atoms with E-state index in [1.54, 1.807) is 0 Å². The van der Waals surface area contributed by atoms with Gasteiger partial charge in [0.2, 0.25) is 0 Å². The van der Waals surface area contributed by atoms with Crippen molar-refractivity contribution in [1.82, 2.24) is 10.2 Å². The van der Waals surface area contributed by atoms with E-state index < -0.39 is 0 Å². The minimum absolute atomic E-state index is 0.215. The van der Waals surface area contributed by atoms with Gasteiger partial charge in [-0.25, -0.2) is 0 Å². The maximum Gasteiger partial charge on any atom is 0.194 e. The molecule has 0 bridgehead atoms. The number of β-amino-alcohol motifs (C(OH)–C–C–N with tert-alkyl or cyclic N) is 1. The fourth-order valence-corrected chi connectivity index (χ4v) is 3.71. The molecule has 2 atom stereocenters. The Bertz CT molecular complexity index is 563. The number of benzene rings is 1. The summed E-state index contributed by atoms with van der Waals surface area (Å²) < 4.78 is 1.12. The van der Waals surface area contributed by atoms with E-state index in [-0.39, 0.29) is 6.10 Å². The van der Waals surface area contributed by atoms with Gasteiger partial charge < -0.3 is 20.2 Å². The number of nitrogens with zero attached hydrogens (tertiary/aromatic N) is 3. The summed E-state index contributed by atoms with van der Waals surface area (Å²) in [6.07, 6.45) is 1.81. The first-order valence-electron chi connectivity index (χ1n) is 8.87. The summed E-state index contributed by atoms with van der Waals surface area (Å²) in [6, 6.07) is 8.54. The molecule has 3 rings (SSSR count). The van der Waals surface area contributed by atoms with E-state index in [2.05, 4.69) is 62.2 Å². The molecule has 2 saturated heterocycles. The molecule has 132 valence electrons. The Labute approximate surface area is 152 Å². The van der Waals surface area contributed by atoms with E-state index >= 15 is 0 Å². The van der Waals surface area contributed by atoms with Crippen molar-refractivity contribution in [2.45, 2.75) is 25.9 Å². The molecule has 2 aliphatic heterocycles. The minimum Gasteiger partial charge on any atom is -0.391 e. The predicted octanol–water partition coefficient (Wildman–Crippen LogP) is 2.31. The lowest BCUT2D eigenvalue weighted by Crippen LogP contribution is -2.40. The van der Waals surface area contributed by atoms with Gasteiger partial charge in [0.1, 0.15) is 0 Å². The lowest BCUT2D eigenvalue weighted by atomic mass is 10.1. The smallest absolute Gasteiger partial charge is 0.194 e. The second-order valence-corrected chi connectivity index (χ2v) is 7.58. The third kappa shape index (κ3) is 4.42. The number of hydrogen-bond donors (Lipinski definition) is 2. The molecule has 0 spiro atoms. The van der Waals surface area contributed by atoms with E-state index in [9.17, 15) is 5.11 Å². The van der Waals surface area contributed by atoms with Crippen molar-refractivity contribution in [2.75, 3.05) is 44.2 Å². The van der Waals surface area contributed by atoms with E-state index in [0.29, 0.717) is 12.5 Å². The molecule has 1 unspecified atom stereocenters. The van der Waals surface area contributed by atoms with Gasteiger partial charge >= 0.3 is 0 Å². The SMILES string of the molecule is CCNC(=NCC1CCN(c2ccc(Br)cc2)C1)N1CC[C@@H](O)C1. The van der Waals surface area contributed by atoms with Crippen LogP contribution in [-0.2, 0) is 0 Å². The number of aliphatic hydroxyl groups is 1. The average molecular weight is 395 g/mol. The van der Waals surface area contributed by atoms with Gasteiger partial charge in [-0.3, -0.25) is 4.99 Å². The quantitative estimate of drug-likeness (QED) is 0.607. The van der Waals surface area contributed by atoms with Crippen LogP contribution < -0.4 is 10.2 Å². The van der Waals surface area contributed by atoms with E-state index in [1.807, 2.05) is 0 Å². The monoisotopic (exact) mass is 394 g/mol. The van der Waals surface area contributed by atoms with Crippen LogP contribution >= 0.6 is 15.9 Å². The summed E-state index contributed by atoms with van der Waals surface area (Å²) >= 11 is 3.49. The highest BCUT2D eigenvalue weighted by Crippen LogP contribution is 2.25. The van der Waals surface area contributed by atoms with E-state index in [1.165, 1.54) is 12.1 Å². The van der Waals surface area contributed by atoms with Crippen molar-refractivity contribution in [3.63, 3.8) is 0 Å². The van der Waals surface area contributed by atoms with Crippen molar-refractivity contribution >= 4 is 27.6 Å². The molecule has 0 aromatic heterocycles. The van der Waals surface area contributed by atoms with Gasteiger partial charge in [0, 0.05) is 49.4 Å². The Morgan fingerprint density at radius 1 is 1.25 bits per heavy atom. The molecule has 0 radical (unpaired) electrons. The zero-order valence-corrected chi connectivity index (χ0v) is 15.9. The molecule has 24 heavy (non-hydrogen) atoms. The third-order valence-electron chi connectivity index (χ3n) is 4.77. The van der Waals surface area contributed by atoms with Crippen LogP contribution in [0.1, 0.15) is 19.8 Å². The van der Waals surface area contributed by atoms with Crippen LogP contribution in [0.15, 0.2) is 33.7 Å². The highest BCUT2D eigenvalue weighted by Gasteiger charge is 2.25. The number of aliphatic imine (C=N–C) groups is 1. The largest absolute Gasteiger partial charge is 0.391 e. The summed E-state index contributed by atoms with van der Waals surface area (Å²) in [7, 11) is 0. The third-order valence-corrected chi connectivity index (χ3v) is 5.30. The average Bonchev–Trinajstić information content (AvgIpc) is 3.21. The molecule has 6 heteroatoms. The Morgan fingerprint density at radius 2 is 2.04 bits per heavy atom. The lowest BCUT2D eigenvalue weighted by Gasteiger charge is -2.22. The van der Waals surface area contributed by atoms with Gasteiger partial charge in [0.25, 0.3) is 0 Å². The van der Waals surface area contributed by atoms with Gasteiger partial charge in [0.05, 0.1) is 6.10 Å². The molecule has 5 nitrogen and oxygen atoms in total. The number of hydrogen-bond acceptors (Lipinski definition) is 3. The van der Waals surface area contributed by atoms with Crippen molar-refractivity contribution in [1.29, 1.82) is 0 Å². The van der Waals surface area contributed by atoms with Crippen molar-refractivity contribution in [2.24, 2.45) is 10.9 Å². The maximum absolute atomic E-state index is 9.74. The Morgan fingerprint density at radius 3 is 2.71 bits per heavy atom. The summed E-state index contributed by atoms with van der Waals surface area (Å²) in [5.41, 5.74) is 1.29. The van der Waals surface area contributed by atoms with Crippen molar-refractivity contribution < 1.29 is 5.11 Å². The molecule has 2 aliphatic rings. The summed E-state index contributed by atoms with van der Waals surface area (Å²) in [5, 5.41) is 13.1. The normalized spacial score (nSPS) is 24.7. The van der Waals surface area contributed by atoms with Crippen molar-refractivity contribution in [3.05, 3.63) is 28.7 Å². The molecule has 0 amide bonds. The first kappa shape index (κ1) is 17.5. The lowest BCUT2D eigenvalue weighted by molar-refractivity contribution is 0.187. The number of rotatable bonds is 4. The summed E-state index contributed by atoms with van der Waals surface area (Å²) in [6.45, 7) is 7.55. The number of guanidine groups is 1. The number of nitrogens with one attached hydrogen (secondary N) is 1. The zero-order valence-electron chi connectivity index (χ0n) is 14.3. The zero-order chi connectivity index (χ0) is 16.9. The second kappa shape index (κ2) is 8.21. The molecule has 1 aromatic rings. The van der Waals surface area contributed by atoms with Gasteiger partial charge in [-0.15, -0.1) is 0 Å². The Kier molecular flexibility index (Phi) is 6.00. The van der Waals surface area contributed by atoms with Crippen LogP contribution in [0.2, 0.25) is 0 Å². The van der Waals surface area contributed by atoms with Gasteiger partial charge in [-0.05, 0) is 49.9 Å².